The van der Waals surface area contributed by atoms with Gasteiger partial charge in [0.1, 0.15) is 11.3 Å². The summed E-state index contributed by atoms with van der Waals surface area (Å²) in [4.78, 5) is 4.19. The molecule has 0 aliphatic carbocycles. The number of halogens is 3. The number of ether oxygens (including phenoxy) is 1. The molecule has 0 atom stereocenters. The fourth-order valence-corrected chi connectivity index (χ4v) is 2.17. The van der Waals surface area contributed by atoms with E-state index in [2.05, 4.69) is 11.1 Å². The molecule has 3 aromatic rings. The molecule has 0 unspecified atom stereocenters. The highest BCUT2D eigenvalue weighted by molar-refractivity contribution is 5.89. The molecule has 0 saturated heterocycles. The van der Waals surface area contributed by atoms with E-state index in [1.165, 1.54) is 18.3 Å². The van der Waals surface area contributed by atoms with Gasteiger partial charge >= 0.3 is 6.18 Å². The Morgan fingerprint density at radius 1 is 1.00 bits per heavy atom. The van der Waals surface area contributed by atoms with Gasteiger partial charge in [0.2, 0.25) is 0 Å². The number of fused-ring (bicyclic) bond motifs is 1. The predicted octanol–water partition coefficient (Wildman–Crippen LogP) is 4.92. The van der Waals surface area contributed by atoms with Crippen molar-refractivity contribution in [2.24, 2.45) is 0 Å². The normalized spacial score (nSPS) is 11.2. The highest BCUT2D eigenvalue weighted by atomic mass is 19.4. The van der Waals surface area contributed by atoms with Crippen molar-refractivity contribution in [3.05, 3.63) is 65.9 Å². The molecule has 1 heterocycles. The first-order valence-electron chi connectivity index (χ1n) is 6.62. The zero-order chi connectivity index (χ0) is 16.4. The van der Waals surface area contributed by atoms with Gasteiger partial charge in [0.15, 0.2) is 5.75 Å². The van der Waals surface area contributed by atoms with Gasteiger partial charge in [0.25, 0.3) is 0 Å². The van der Waals surface area contributed by atoms with Gasteiger partial charge in [-0.05, 0) is 36.4 Å². The molecule has 0 saturated carbocycles. The third-order valence-electron chi connectivity index (χ3n) is 3.26. The van der Waals surface area contributed by atoms with E-state index in [0.29, 0.717) is 22.2 Å². The van der Waals surface area contributed by atoms with E-state index in [9.17, 15) is 13.2 Å². The molecule has 1 aromatic heterocycles. The molecule has 114 valence electrons. The van der Waals surface area contributed by atoms with Crippen molar-refractivity contribution in [3.8, 4) is 17.6 Å². The topological polar surface area (TPSA) is 45.9 Å². The van der Waals surface area contributed by atoms with Gasteiger partial charge in [0, 0.05) is 11.6 Å². The molecule has 2 aromatic carbocycles. The third-order valence-corrected chi connectivity index (χ3v) is 3.26. The lowest BCUT2D eigenvalue weighted by molar-refractivity contribution is -0.137. The number of nitriles is 1. The Balaban J connectivity index is 1.98. The number of para-hydroxylation sites is 1. The highest BCUT2D eigenvalue weighted by Gasteiger charge is 2.30. The number of hydrogen-bond donors (Lipinski definition) is 0. The van der Waals surface area contributed by atoms with Gasteiger partial charge in [0.05, 0.1) is 17.2 Å². The zero-order valence-electron chi connectivity index (χ0n) is 11.6. The summed E-state index contributed by atoms with van der Waals surface area (Å²) in [5, 5.41) is 9.72. The Kier molecular flexibility index (Phi) is 3.62. The van der Waals surface area contributed by atoms with Crippen LogP contribution in [0.3, 0.4) is 0 Å². The van der Waals surface area contributed by atoms with Crippen LogP contribution in [0.15, 0.2) is 54.7 Å². The van der Waals surface area contributed by atoms with Gasteiger partial charge < -0.3 is 4.74 Å². The minimum absolute atomic E-state index is 0.259. The number of rotatable bonds is 2. The molecule has 0 radical (unpaired) electrons. The summed E-state index contributed by atoms with van der Waals surface area (Å²) in [6, 6.07) is 13.1. The van der Waals surface area contributed by atoms with E-state index in [0.717, 1.165) is 12.1 Å². The summed E-state index contributed by atoms with van der Waals surface area (Å²) in [6.45, 7) is 0. The van der Waals surface area contributed by atoms with Crippen molar-refractivity contribution in [1.29, 1.82) is 5.26 Å². The lowest BCUT2D eigenvalue weighted by atomic mass is 10.1. The standard InChI is InChI=1S/C17H9F3N2O/c18-17(19,20)12-4-6-13(7-5-12)23-15-3-1-2-14-11(10-21)8-9-22-16(14)15/h1-9H. The Hall–Kier alpha value is -3.07. The molecule has 0 fully saturated rings. The van der Waals surface area contributed by atoms with Gasteiger partial charge in [-0.15, -0.1) is 0 Å². The first-order chi connectivity index (χ1) is 11.0. The molecule has 0 N–H and O–H groups in total. The van der Waals surface area contributed by atoms with Crippen LogP contribution in [0.2, 0.25) is 0 Å². The molecule has 0 spiro atoms. The molecule has 23 heavy (non-hydrogen) atoms. The van der Waals surface area contributed by atoms with Crippen molar-refractivity contribution in [1.82, 2.24) is 4.98 Å². The van der Waals surface area contributed by atoms with E-state index < -0.39 is 11.7 Å². The number of pyridine rings is 1. The summed E-state index contributed by atoms with van der Waals surface area (Å²) in [6.07, 6.45) is -2.90. The number of nitrogens with zero attached hydrogens (tertiary/aromatic N) is 2. The van der Waals surface area contributed by atoms with Crippen LogP contribution in [0.5, 0.6) is 11.5 Å². The molecular weight excluding hydrogens is 305 g/mol. The molecule has 0 aliphatic heterocycles. The van der Waals surface area contributed by atoms with E-state index in [1.54, 1.807) is 24.3 Å². The molecule has 0 amide bonds. The Labute approximate surface area is 129 Å². The SMILES string of the molecule is N#Cc1ccnc2c(Oc3ccc(C(F)(F)F)cc3)cccc12. The average Bonchev–Trinajstić information content (AvgIpc) is 2.54. The van der Waals surface area contributed by atoms with Crippen LogP contribution in [0.25, 0.3) is 10.9 Å². The Bertz CT molecular complexity index is 896. The maximum absolute atomic E-state index is 12.6. The Morgan fingerprint density at radius 2 is 1.74 bits per heavy atom. The smallest absolute Gasteiger partial charge is 0.416 e. The van der Waals surface area contributed by atoms with Crippen LogP contribution in [-0.2, 0) is 6.18 Å². The van der Waals surface area contributed by atoms with Crippen molar-refractivity contribution in [3.63, 3.8) is 0 Å². The van der Waals surface area contributed by atoms with Crippen LogP contribution in [-0.4, -0.2) is 4.98 Å². The van der Waals surface area contributed by atoms with Crippen LogP contribution < -0.4 is 4.74 Å². The van der Waals surface area contributed by atoms with Crippen molar-refractivity contribution in [2.75, 3.05) is 0 Å². The summed E-state index contributed by atoms with van der Waals surface area (Å²) >= 11 is 0. The maximum Gasteiger partial charge on any atom is 0.416 e. The molecule has 3 nitrogen and oxygen atoms in total. The fourth-order valence-electron chi connectivity index (χ4n) is 2.17. The summed E-state index contributed by atoms with van der Waals surface area (Å²) in [5.41, 5.74) is 0.187. The number of aromatic nitrogens is 1. The largest absolute Gasteiger partial charge is 0.455 e. The first kappa shape index (κ1) is 14.9. The van der Waals surface area contributed by atoms with Crippen LogP contribution in [0, 0.1) is 11.3 Å². The minimum Gasteiger partial charge on any atom is -0.455 e. The zero-order valence-corrected chi connectivity index (χ0v) is 11.6. The van der Waals surface area contributed by atoms with Gasteiger partial charge in [-0.1, -0.05) is 12.1 Å². The second kappa shape index (κ2) is 5.61. The van der Waals surface area contributed by atoms with E-state index in [4.69, 9.17) is 10.00 Å². The quantitative estimate of drug-likeness (QED) is 0.674. The minimum atomic E-state index is -4.39. The third kappa shape index (κ3) is 2.94. The molecule has 0 aliphatic rings. The number of alkyl halides is 3. The monoisotopic (exact) mass is 314 g/mol. The highest BCUT2D eigenvalue weighted by Crippen LogP contribution is 2.33. The second-order valence-corrected chi connectivity index (χ2v) is 4.75. The van der Waals surface area contributed by atoms with E-state index >= 15 is 0 Å². The van der Waals surface area contributed by atoms with Gasteiger partial charge in [-0.25, -0.2) is 0 Å². The molecule has 0 bridgehead atoms. The van der Waals surface area contributed by atoms with E-state index in [1.807, 2.05) is 0 Å². The summed E-state index contributed by atoms with van der Waals surface area (Å²) in [5.74, 6) is 0.633. The Morgan fingerprint density at radius 3 is 2.39 bits per heavy atom. The lowest BCUT2D eigenvalue weighted by Crippen LogP contribution is -2.04. The van der Waals surface area contributed by atoms with Crippen molar-refractivity contribution in [2.45, 2.75) is 6.18 Å². The summed E-state index contributed by atoms with van der Waals surface area (Å²) in [7, 11) is 0. The van der Waals surface area contributed by atoms with Crippen molar-refractivity contribution < 1.29 is 17.9 Å². The number of benzene rings is 2. The summed E-state index contributed by atoms with van der Waals surface area (Å²) < 4.78 is 43.3. The molecular formula is C17H9F3N2O. The van der Waals surface area contributed by atoms with Crippen molar-refractivity contribution >= 4 is 10.9 Å². The average molecular weight is 314 g/mol. The predicted molar refractivity (Wildman–Crippen MR) is 78.0 cm³/mol. The lowest BCUT2D eigenvalue weighted by Gasteiger charge is -2.10. The van der Waals surface area contributed by atoms with Crippen LogP contribution in [0.4, 0.5) is 13.2 Å². The first-order valence-corrected chi connectivity index (χ1v) is 6.62. The fraction of sp³-hybridized carbons (Fsp3) is 0.0588. The molecule has 3 rings (SSSR count). The van der Waals surface area contributed by atoms with Crippen LogP contribution >= 0.6 is 0 Å². The maximum atomic E-state index is 12.6. The van der Waals surface area contributed by atoms with Crippen LogP contribution in [0.1, 0.15) is 11.1 Å². The van der Waals surface area contributed by atoms with Gasteiger partial charge in [-0.2, -0.15) is 18.4 Å². The molecule has 6 heteroatoms. The second-order valence-electron chi connectivity index (χ2n) is 4.75. The van der Waals surface area contributed by atoms with E-state index in [-0.39, 0.29) is 5.75 Å². The number of hydrogen-bond acceptors (Lipinski definition) is 3. The van der Waals surface area contributed by atoms with Gasteiger partial charge in [-0.3, -0.25) is 4.98 Å².